The molecule has 0 saturated carbocycles. The standard InChI is InChI=1S/C9H11ClN4O2/c10-8-2-1-7(11-12-8)9(15)13-14-3-5-16-6-4-14/h1-2H,3-6H2,(H,13,15). The first-order valence-electron chi connectivity index (χ1n) is 4.88. The maximum Gasteiger partial charge on any atom is 0.286 e. The first-order valence-corrected chi connectivity index (χ1v) is 5.26. The average molecular weight is 243 g/mol. The zero-order valence-corrected chi connectivity index (χ0v) is 9.28. The highest BCUT2D eigenvalue weighted by molar-refractivity contribution is 6.29. The number of hydrazine groups is 1. The van der Waals surface area contributed by atoms with E-state index in [0.717, 1.165) is 0 Å². The van der Waals surface area contributed by atoms with Gasteiger partial charge < -0.3 is 4.74 Å². The van der Waals surface area contributed by atoms with Gasteiger partial charge in [-0.1, -0.05) is 11.6 Å². The second-order valence-electron chi connectivity index (χ2n) is 3.28. The number of amides is 1. The fourth-order valence-corrected chi connectivity index (χ4v) is 1.41. The number of nitrogens with zero attached hydrogens (tertiary/aromatic N) is 3. The zero-order chi connectivity index (χ0) is 11.4. The molecule has 16 heavy (non-hydrogen) atoms. The molecule has 1 aromatic rings. The van der Waals surface area contributed by atoms with Gasteiger partial charge in [-0.15, -0.1) is 10.2 Å². The minimum Gasteiger partial charge on any atom is -0.379 e. The van der Waals surface area contributed by atoms with Crippen LogP contribution in [0.15, 0.2) is 12.1 Å². The van der Waals surface area contributed by atoms with Crippen molar-refractivity contribution in [2.45, 2.75) is 0 Å². The Morgan fingerprint density at radius 1 is 1.38 bits per heavy atom. The second kappa shape index (κ2) is 5.20. The molecule has 6 nitrogen and oxygen atoms in total. The summed E-state index contributed by atoms with van der Waals surface area (Å²) in [7, 11) is 0. The summed E-state index contributed by atoms with van der Waals surface area (Å²) in [5, 5.41) is 9.36. The van der Waals surface area contributed by atoms with E-state index in [-0.39, 0.29) is 16.8 Å². The molecule has 2 rings (SSSR count). The highest BCUT2D eigenvalue weighted by Crippen LogP contribution is 2.02. The summed E-state index contributed by atoms with van der Waals surface area (Å²) in [5.74, 6) is -0.286. The van der Waals surface area contributed by atoms with Crippen LogP contribution in [0.25, 0.3) is 0 Å². The van der Waals surface area contributed by atoms with Gasteiger partial charge in [-0.3, -0.25) is 10.2 Å². The van der Waals surface area contributed by atoms with Gasteiger partial charge in [0.15, 0.2) is 10.8 Å². The Bertz CT molecular complexity index is 364. The summed E-state index contributed by atoms with van der Waals surface area (Å²) in [6.07, 6.45) is 0. The average Bonchev–Trinajstić information content (AvgIpc) is 2.31. The van der Waals surface area contributed by atoms with Crippen molar-refractivity contribution in [3.05, 3.63) is 23.0 Å². The van der Waals surface area contributed by atoms with Crippen molar-refractivity contribution in [2.24, 2.45) is 0 Å². The number of rotatable bonds is 2. The smallest absolute Gasteiger partial charge is 0.286 e. The number of nitrogens with one attached hydrogen (secondary N) is 1. The first-order chi connectivity index (χ1) is 7.75. The molecule has 1 aliphatic heterocycles. The quantitative estimate of drug-likeness (QED) is 0.797. The Morgan fingerprint density at radius 2 is 2.12 bits per heavy atom. The minimum atomic E-state index is -0.286. The number of halogens is 1. The van der Waals surface area contributed by atoms with Crippen molar-refractivity contribution in [3.8, 4) is 0 Å². The van der Waals surface area contributed by atoms with Gasteiger partial charge in [-0.05, 0) is 12.1 Å². The third-order valence-electron chi connectivity index (χ3n) is 2.14. The molecule has 0 aromatic carbocycles. The second-order valence-corrected chi connectivity index (χ2v) is 3.67. The van der Waals surface area contributed by atoms with Gasteiger partial charge in [0.2, 0.25) is 0 Å². The van der Waals surface area contributed by atoms with Crippen LogP contribution in [0.1, 0.15) is 10.5 Å². The van der Waals surface area contributed by atoms with Crippen LogP contribution < -0.4 is 5.43 Å². The number of hydrogen-bond donors (Lipinski definition) is 1. The molecule has 7 heteroatoms. The van der Waals surface area contributed by atoms with E-state index in [4.69, 9.17) is 16.3 Å². The third kappa shape index (κ3) is 2.88. The number of carbonyl (C=O) groups is 1. The van der Waals surface area contributed by atoms with Gasteiger partial charge in [-0.25, -0.2) is 5.01 Å². The highest BCUT2D eigenvalue weighted by atomic mass is 35.5. The van der Waals surface area contributed by atoms with Crippen LogP contribution in [0, 0.1) is 0 Å². The Morgan fingerprint density at radius 3 is 2.75 bits per heavy atom. The van der Waals surface area contributed by atoms with E-state index >= 15 is 0 Å². The van der Waals surface area contributed by atoms with Crippen LogP contribution in [0.5, 0.6) is 0 Å². The van der Waals surface area contributed by atoms with Gasteiger partial charge in [0, 0.05) is 13.1 Å². The Labute approximate surface area is 97.5 Å². The summed E-state index contributed by atoms with van der Waals surface area (Å²) < 4.78 is 5.16. The molecule has 0 bridgehead atoms. The van der Waals surface area contributed by atoms with Crippen LogP contribution in [-0.4, -0.2) is 47.4 Å². The molecule has 1 saturated heterocycles. The molecule has 0 unspecified atom stereocenters. The van der Waals surface area contributed by atoms with Crippen molar-refractivity contribution in [1.29, 1.82) is 0 Å². The maximum absolute atomic E-state index is 11.7. The van der Waals surface area contributed by atoms with Crippen LogP contribution in [-0.2, 0) is 4.74 Å². The molecule has 86 valence electrons. The van der Waals surface area contributed by atoms with E-state index in [1.807, 2.05) is 0 Å². The number of carbonyl (C=O) groups excluding carboxylic acids is 1. The van der Waals surface area contributed by atoms with Gasteiger partial charge in [-0.2, -0.15) is 0 Å². The summed E-state index contributed by atoms with van der Waals surface area (Å²) in [6.45, 7) is 2.58. The molecule has 1 fully saturated rings. The molecule has 0 atom stereocenters. The number of hydrogen-bond acceptors (Lipinski definition) is 5. The molecule has 2 heterocycles. The topological polar surface area (TPSA) is 67.4 Å². The molecule has 1 amide bonds. The van der Waals surface area contributed by atoms with E-state index in [0.29, 0.717) is 26.3 Å². The lowest BCUT2D eigenvalue weighted by Gasteiger charge is -2.26. The Hall–Kier alpha value is -1.24. The molecular formula is C9H11ClN4O2. The number of morpholine rings is 1. The van der Waals surface area contributed by atoms with Crippen LogP contribution in [0.2, 0.25) is 5.15 Å². The number of aromatic nitrogens is 2. The van der Waals surface area contributed by atoms with E-state index in [1.54, 1.807) is 5.01 Å². The van der Waals surface area contributed by atoms with Crippen LogP contribution in [0.3, 0.4) is 0 Å². The summed E-state index contributed by atoms with van der Waals surface area (Å²) in [4.78, 5) is 11.7. The van der Waals surface area contributed by atoms with Gasteiger partial charge in [0.1, 0.15) is 0 Å². The zero-order valence-electron chi connectivity index (χ0n) is 8.52. The SMILES string of the molecule is O=C(NN1CCOCC1)c1ccc(Cl)nn1. The molecule has 0 spiro atoms. The van der Waals surface area contributed by atoms with Gasteiger partial charge in [0.05, 0.1) is 13.2 Å². The fourth-order valence-electron chi connectivity index (χ4n) is 1.31. The lowest BCUT2D eigenvalue weighted by molar-refractivity contribution is 0.0124. The van der Waals surface area contributed by atoms with Crippen molar-refractivity contribution in [3.63, 3.8) is 0 Å². The molecule has 1 aliphatic rings. The predicted molar refractivity (Wildman–Crippen MR) is 56.9 cm³/mol. The highest BCUT2D eigenvalue weighted by Gasteiger charge is 2.15. The van der Waals surface area contributed by atoms with E-state index in [9.17, 15) is 4.79 Å². The first kappa shape index (κ1) is 11.3. The normalized spacial score (nSPS) is 17.1. The van der Waals surface area contributed by atoms with Gasteiger partial charge >= 0.3 is 0 Å². The monoisotopic (exact) mass is 242 g/mol. The Kier molecular flexibility index (Phi) is 3.66. The summed E-state index contributed by atoms with van der Waals surface area (Å²) >= 11 is 5.58. The fraction of sp³-hybridized carbons (Fsp3) is 0.444. The molecule has 1 N–H and O–H groups in total. The van der Waals surface area contributed by atoms with Crippen molar-refractivity contribution in [2.75, 3.05) is 26.3 Å². The third-order valence-corrected chi connectivity index (χ3v) is 2.34. The van der Waals surface area contributed by atoms with E-state index in [2.05, 4.69) is 15.6 Å². The van der Waals surface area contributed by atoms with E-state index in [1.165, 1.54) is 12.1 Å². The summed E-state index contributed by atoms with van der Waals surface area (Å²) in [6, 6.07) is 3.06. The molecule has 0 radical (unpaired) electrons. The van der Waals surface area contributed by atoms with Crippen molar-refractivity contribution < 1.29 is 9.53 Å². The van der Waals surface area contributed by atoms with Crippen molar-refractivity contribution in [1.82, 2.24) is 20.6 Å². The predicted octanol–water partition coefficient (Wildman–Crippen LogP) is 0.107. The summed E-state index contributed by atoms with van der Waals surface area (Å²) in [5.41, 5.74) is 2.97. The lowest BCUT2D eigenvalue weighted by Crippen LogP contribution is -2.48. The molecule has 1 aromatic heterocycles. The number of ether oxygens (including phenoxy) is 1. The van der Waals surface area contributed by atoms with Gasteiger partial charge in [0.25, 0.3) is 5.91 Å². The van der Waals surface area contributed by atoms with E-state index < -0.39 is 0 Å². The van der Waals surface area contributed by atoms with Crippen LogP contribution >= 0.6 is 11.6 Å². The van der Waals surface area contributed by atoms with Crippen molar-refractivity contribution >= 4 is 17.5 Å². The molecular weight excluding hydrogens is 232 g/mol. The van der Waals surface area contributed by atoms with Crippen LogP contribution in [0.4, 0.5) is 0 Å². The largest absolute Gasteiger partial charge is 0.379 e. The minimum absolute atomic E-state index is 0.246. The Balaban J connectivity index is 1.94. The lowest BCUT2D eigenvalue weighted by atomic mass is 10.4. The molecule has 0 aliphatic carbocycles. The maximum atomic E-state index is 11.7.